The Bertz CT molecular complexity index is 934. The third-order valence-corrected chi connectivity index (χ3v) is 5.04. The number of benzene rings is 1. The van der Waals surface area contributed by atoms with Crippen LogP contribution in [-0.2, 0) is 6.42 Å². The summed E-state index contributed by atoms with van der Waals surface area (Å²) in [5.41, 5.74) is 3.52. The summed E-state index contributed by atoms with van der Waals surface area (Å²) in [5, 5.41) is 0. The molecule has 3 heterocycles. The lowest BCUT2D eigenvalue weighted by atomic mass is 9.93. The van der Waals surface area contributed by atoms with Crippen molar-refractivity contribution in [3.8, 4) is 0 Å². The first-order chi connectivity index (χ1) is 13.1. The largest absolute Gasteiger partial charge is 0.459 e. The molecule has 5 nitrogen and oxygen atoms in total. The van der Waals surface area contributed by atoms with Crippen LogP contribution in [0.5, 0.6) is 0 Å². The highest BCUT2D eigenvalue weighted by atomic mass is 16.3. The molecule has 0 saturated heterocycles. The van der Waals surface area contributed by atoms with E-state index in [9.17, 15) is 4.79 Å². The number of nitrogens with zero attached hydrogens (tertiary/aromatic N) is 3. The molecular formula is C22H23N3O2. The normalized spacial score (nSPS) is 16.5. The van der Waals surface area contributed by atoms with Crippen LogP contribution in [0.25, 0.3) is 0 Å². The maximum atomic E-state index is 13.2. The van der Waals surface area contributed by atoms with Gasteiger partial charge in [0.05, 0.1) is 12.3 Å². The van der Waals surface area contributed by atoms with Crippen LogP contribution in [0.1, 0.15) is 39.7 Å². The average molecular weight is 361 g/mol. The Hall–Kier alpha value is -3.08. The Morgan fingerprint density at radius 2 is 2.04 bits per heavy atom. The maximum absolute atomic E-state index is 13.2. The van der Waals surface area contributed by atoms with Crippen LogP contribution in [0.15, 0.2) is 65.4 Å². The molecular weight excluding hydrogens is 338 g/mol. The van der Waals surface area contributed by atoms with E-state index in [1.54, 1.807) is 18.4 Å². The number of anilines is 1. The number of hydrogen-bond donors (Lipinski definition) is 0. The van der Waals surface area contributed by atoms with E-state index in [0.717, 1.165) is 24.2 Å². The molecule has 0 N–H and O–H groups in total. The van der Waals surface area contributed by atoms with Crippen molar-refractivity contribution in [2.45, 2.75) is 18.9 Å². The molecule has 5 heteroatoms. The number of rotatable bonds is 3. The predicted molar refractivity (Wildman–Crippen MR) is 105 cm³/mol. The van der Waals surface area contributed by atoms with Gasteiger partial charge in [-0.2, -0.15) is 0 Å². The third kappa shape index (κ3) is 3.33. The molecule has 0 radical (unpaired) electrons. The summed E-state index contributed by atoms with van der Waals surface area (Å²) in [4.78, 5) is 21.6. The molecule has 1 aliphatic heterocycles. The van der Waals surface area contributed by atoms with Gasteiger partial charge in [0.1, 0.15) is 5.82 Å². The van der Waals surface area contributed by atoms with E-state index < -0.39 is 0 Å². The first-order valence-electron chi connectivity index (χ1n) is 9.20. The highest BCUT2D eigenvalue weighted by molar-refractivity contribution is 5.92. The summed E-state index contributed by atoms with van der Waals surface area (Å²) in [7, 11) is 3.94. The van der Waals surface area contributed by atoms with Crippen LogP contribution in [0.4, 0.5) is 5.82 Å². The lowest BCUT2D eigenvalue weighted by molar-refractivity contribution is 0.0677. The minimum absolute atomic E-state index is 0.0788. The Morgan fingerprint density at radius 1 is 1.19 bits per heavy atom. The monoisotopic (exact) mass is 361 g/mol. The minimum atomic E-state index is -0.164. The summed E-state index contributed by atoms with van der Waals surface area (Å²) >= 11 is 0. The molecule has 0 bridgehead atoms. The van der Waals surface area contributed by atoms with Crippen LogP contribution in [0, 0.1) is 0 Å². The van der Waals surface area contributed by atoms with Crippen molar-refractivity contribution in [3.63, 3.8) is 0 Å². The zero-order chi connectivity index (χ0) is 18.8. The Balaban J connectivity index is 1.85. The molecule has 138 valence electrons. The van der Waals surface area contributed by atoms with Gasteiger partial charge < -0.3 is 14.2 Å². The molecule has 4 rings (SSSR count). The molecule has 3 aromatic rings. The number of aryl methyl sites for hydroxylation is 1. The van der Waals surface area contributed by atoms with E-state index in [1.165, 1.54) is 11.1 Å². The Morgan fingerprint density at radius 3 is 2.81 bits per heavy atom. The summed E-state index contributed by atoms with van der Waals surface area (Å²) in [6.45, 7) is 0.679. The topological polar surface area (TPSA) is 49.6 Å². The minimum Gasteiger partial charge on any atom is -0.459 e. The molecule has 0 saturated carbocycles. The molecule has 0 unspecified atom stereocenters. The van der Waals surface area contributed by atoms with Crippen molar-refractivity contribution in [3.05, 3.63) is 83.4 Å². The highest BCUT2D eigenvalue weighted by Gasteiger charge is 2.32. The quantitative estimate of drug-likeness (QED) is 0.709. The molecule has 1 aromatic carbocycles. The number of furan rings is 1. The van der Waals surface area contributed by atoms with Crippen LogP contribution in [0.3, 0.4) is 0 Å². The molecule has 27 heavy (non-hydrogen) atoms. The van der Waals surface area contributed by atoms with Gasteiger partial charge >= 0.3 is 0 Å². The summed E-state index contributed by atoms with van der Waals surface area (Å²) in [5.74, 6) is 1.17. The lowest BCUT2D eigenvalue weighted by Crippen LogP contribution is -2.35. The smallest absolute Gasteiger partial charge is 0.290 e. The van der Waals surface area contributed by atoms with Gasteiger partial charge in [-0.05, 0) is 53.8 Å². The average Bonchev–Trinajstić information content (AvgIpc) is 3.15. The summed E-state index contributed by atoms with van der Waals surface area (Å²) < 4.78 is 5.41. The van der Waals surface area contributed by atoms with E-state index in [-0.39, 0.29) is 11.9 Å². The fraction of sp³-hybridized carbons (Fsp3) is 0.273. The van der Waals surface area contributed by atoms with E-state index in [4.69, 9.17) is 4.42 Å². The molecule has 0 fully saturated rings. The maximum Gasteiger partial charge on any atom is 0.290 e. The lowest BCUT2D eigenvalue weighted by Gasteiger charge is -2.31. The van der Waals surface area contributed by atoms with Gasteiger partial charge in [0.25, 0.3) is 5.91 Å². The zero-order valence-corrected chi connectivity index (χ0v) is 15.6. The number of amides is 1. The SMILES string of the molecule is CN(C)c1cc([C@H]2c3ccccc3CCCN2C(=O)c2ccco2)ccn1. The number of fused-ring (bicyclic) bond motifs is 1. The van der Waals surface area contributed by atoms with Crippen molar-refractivity contribution >= 4 is 11.7 Å². The van der Waals surface area contributed by atoms with Gasteiger partial charge in [-0.3, -0.25) is 4.79 Å². The molecule has 0 aliphatic carbocycles. The van der Waals surface area contributed by atoms with Gasteiger partial charge in [0.2, 0.25) is 0 Å². The Labute approximate surface area is 159 Å². The van der Waals surface area contributed by atoms with Crippen LogP contribution >= 0.6 is 0 Å². The molecule has 0 spiro atoms. The number of carbonyl (C=O) groups excluding carboxylic acids is 1. The number of carbonyl (C=O) groups is 1. The molecule has 1 amide bonds. The second kappa shape index (κ2) is 7.27. The van der Waals surface area contributed by atoms with E-state index in [0.29, 0.717) is 12.3 Å². The molecule has 1 atom stereocenters. The highest BCUT2D eigenvalue weighted by Crippen LogP contribution is 2.36. The first-order valence-corrected chi connectivity index (χ1v) is 9.20. The third-order valence-electron chi connectivity index (χ3n) is 5.04. The van der Waals surface area contributed by atoms with Gasteiger partial charge in [-0.1, -0.05) is 24.3 Å². The van der Waals surface area contributed by atoms with Crippen molar-refractivity contribution < 1.29 is 9.21 Å². The summed E-state index contributed by atoms with van der Waals surface area (Å²) in [6.07, 6.45) is 5.24. The Kier molecular flexibility index (Phi) is 4.67. The molecule has 1 aliphatic rings. The van der Waals surface area contributed by atoms with Crippen LogP contribution < -0.4 is 4.90 Å². The van der Waals surface area contributed by atoms with Crippen molar-refractivity contribution in [2.75, 3.05) is 25.5 Å². The second-order valence-corrected chi connectivity index (χ2v) is 7.02. The van der Waals surface area contributed by atoms with Gasteiger partial charge in [0.15, 0.2) is 5.76 Å². The van der Waals surface area contributed by atoms with Crippen molar-refractivity contribution in [2.24, 2.45) is 0 Å². The second-order valence-electron chi connectivity index (χ2n) is 7.02. The van der Waals surface area contributed by atoms with E-state index in [2.05, 4.69) is 29.2 Å². The first kappa shape index (κ1) is 17.3. The predicted octanol–water partition coefficient (Wildman–Crippen LogP) is 3.92. The van der Waals surface area contributed by atoms with Gasteiger partial charge in [-0.25, -0.2) is 4.98 Å². The van der Waals surface area contributed by atoms with E-state index >= 15 is 0 Å². The number of hydrogen-bond acceptors (Lipinski definition) is 4. The number of pyridine rings is 1. The fourth-order valence-electron chi connectivity index (χ4n) is 3.73. The van der Waals surface area contributed by atoms with Gasteiger partial charge in [0, 0.05) is 26.8 Å². The van der Waals surface area contributed by atoms with Gasteiger partial charge in [-0.15, -0.1) is 0 Å². The van der Waals surface area contributed by atoms with E-state index in [1.807, 2.05) is 42.2 Å². The molecule has 2 aromatic heterocycles. The number of aromatic nitrogens is 1. The standard InChI is InChI=1S/C22H23N3O2/c1-24(2)20-15-17(11-12-23-20)21-18-9-4-3-7-16(18)8-5-13-25(21)22(26)19-10-6-14-27-19/h3-4,6-7,9-12,14-15,21H,5,8,13H2,1-2H3/t21-/m0/s1. The van der Waals surface area contributed by atoms with Crippen molar-refractivity contribution in [1.82, 2.24) is 9.88 Å². The van der Waals surface area contributed by atoms with Crippen LogP contribution in [0.2, 0.25) is 0 Å². The van der Waals surface area contributed by atoms with Crippen LogP contribution in [-0.4, -0.2) is 36.4 Å². The van der Waals surface area contributed by atoms with Crippen molar-refractivity contribution in [1.29, 1.82) is 0 Å². The zero-order valence-electron chi connectivity index (χ0n) is 15.6. The summed E-state index contributed by atoms with van der Waals surface area (Å²) in [6, 6.07) is 15.8. The fourth-order valence-corrected chi connectivity index (χ4v) is 3.73.